The quantitative estimate of drug-likeness (QED) is 0.428. The summed E-state index contributed by atoms with van der Waals surface area (Å²) in [4.78, 5) is 15.1. The van der Waals surface area contributed by atoms with Crippen molar-refractivity contribution in [2.75, 3.05) is 29.7 Å². The van der Waals surface area contributed by atoms with Gasteiger partial charge in [-0.15, -0.1) is 0 Å². The van der Waals surface area contributed by atoms with Crippen LogP contribution in [0, 0.1) is 11.7 Å². The second kappa shape index (κ2) is 11.5. The Balaban J connectivity index is 1.28. The average Bonchev–Trinajstić information content (AvgIpc) is 2.87. The van der Waals surface area contributed by atoms with Gasteiger partial charge in [-0.2, -0.15) is 0 Å². The van der Waals surface area contributed by atoms with Crippen LogP contribution >= 0.6 is 0 Å². The van der Waals surface area contributed by atoms with Crippen LogP contribution in [0.1, 0.15) is 25.3 Å². The van der Waals surface area contributed by atoms with E-state index in [1.54, 1.807) is 48.5 Å². The number of carbonyl (C=O) groups excluding carboxylic acids is 1. The highest BCUT2D eigenvalue weighted by molar-refractivity contribution is 7.92. The molecule has 0 aliphatic carbocycles. The van der Waals surface area contributed by atoms with Crippen LogP contribution in [0.5, 0.6) is 5.75 Å². The van der Waals surface area contributed by atoms with E-state index in [1.807, 2.05) is 6.92 Å². The number of piperidine rings is 1. The molecule has 3 aromatic carbocycles. The summed E-state index contributed by atoms with van der Waals surface area (Å²) in [7, 11) is -3.77. The Hall–Kier alpha value is -3.43. The molecule has 190 valence electrons. The molecule has 1 amide bonds. The van der Waals surface area contributed by atoms with Crippen LogP contribution in [-0.4, -0.2) is 38.9 Å². The predicted molar refractivity (Wildman–Crippen MR) is 138 cm³/mol. The zero-order chi connectivity index (χ0) is 25.5. The third-order valence-corrected chi connectivity index (χ3v) is 7.52. The van der Waals surface area contributed by atoms with Gasteiger partial charge < -0.3 is 10.1 Å². The third-order valence-electron chi connectivity index (χ3n) is 6.13. The Labute approximate surface area is 211 Å². The molecule has 0 radical (unpaired) electrons. The Kier molecular flexibility index (Phi) is 8.22. The minimum absolute atomic E-state index is 0.0699. The van der Waals surface area contributed by atoms with E-state index in [4.69, 9.17) is 4.74 Å². The maximum atomic E-state index is 13.1. The van der Waals surface area contributed by atoms with Gasteiger partial charge in [0.05, 0.1) is 11.5 Å². The molecule has 0 atom stereocenters. The number of likely N-dealkylation sites (tertiary alicyclic amines) is 1. The summed E-state index contributed by atoms with van der Waals surface area (Å²) < 4.78 is 46.4. The molecule has 9 heteroatoms. The molecule has 1 aliphatic rings. The Bertz CT molecular complexity index is 1260. The van der Waals surface area contributed by atoms with Crippen molar-refractivity contribution in [1.29, 1.82) is 0 Å². The molecule has 0 bridgehead atoms. The van der Waals surface area contributed by atoms with Crippen molar-refractivity contribution in [1.82, 2.24) is 4.90 Å². The minimum Gasteiger partial charge on any atom is -0.494 e. The van der Waals surface area contributed by atoms with Crippen molar-refractivity contribution < 1.29 is 22.3 Å². The van der Waals surface area contributed by atoms with Crippen LogP contribution in [0.2, 0.25) is 0 Å². The van der Waals surface area contributed by atoms with Crippen LogP contribution in [0.4, 0.5) is 15.8 Å². The molecule has 1 heterocycles. The molecule has 7 nitrogen and oxygen atoms in total. The lowest BCUT2D eigenvalue weighted by Crippen LogP contribution is -2.37. The largest absolute Gasteiger partial charge is 0.494 e. The van der Waals surface area contributed by atoms with Crippen LogP contribution in [0.25, 0.3) is 0 Å². The van der Waals surface area contributed by atoms with Gasteiger partial charge in [-0.3, -0.25) is 14.4 Å². The molecule has 0 spiro atoms. The van der Waals surface area contributed by atoms with Crippen molar-refractivity contribution in [3.05, 3.63) is 84.2 Å². The van der Waals surface area contributed by atoms with E-state index in [9.17, 15) is 17.6 Å². The normalized spacial score (nSPS) is 14.8. The average molecular weight is 512 g/mol. The van der Waals surface area contributed by atoms with Crippen molar-refractivity contribution >= 4 is 27.3 Å². The van der Waals surface area contributed by atoms with Crippen molar-refractivity contribution in [2.45, 2.75) is 31.2 Å². The summed E-state index contributed by atoms with van der Waals surface area (Å²) in [5.74, 6) is 0.238. The topological polar surface area (TPSA) is 87.7 Å². The lowest BCUT2D eigenvalue weighted by molar-refractivity contribution is -0.121. The summed E-state index contributed by atoms with van der Waals surface area (Å²) in [5, 5.41) is 2.90. The number of amides is 1. The van der Waals surface area contributed by atoms with E-state index in [-0.39, 0.29) is 22.5 Å². The number of halogens is 1. The van der Waals surface area contributed by atoms with E-state index in [2.05, 4.69) is 14.9 Å². The van der Waals surface area contributed by atoms with Crippen LogP contribution in [-0.2, 0) is 21.4 Å². The van der Waals surface area contributed by atoms with Gasteiger partial charge >= 0.3 is 0 Å². The molecule has 3 aromatic rings. The summed E-state index contributed by atoms with van der Waals surface area (Å²) in [5.41, 5.74) is 2.03. The van der Waals surface area contributed by atoms with Gasteiger partial charge in [0.2, 0.25) is 5.91 Å². The third kappa shape index (κ3) is 6.83. The van der Waals surface area contributed by atoms with Gasteiger partial charge in [0.15, 0.2) is 0 Å². The summed E-state index contributed by atoms with van der Waals surface area (Å²) in [6, 6.07) is 19.3. The van der Waals surface area contributed by atoms with Crippen LogP contribution < -0.4 is 14.8 Å². The van der Waals surface area contributed by atoms with Crippen molar-refractivity contribution in [3.63, 3.8) is 0 Å². The number of hydrogen-bond acceptors (Lipinski definition) is 5. The molecule has 36 heavy (non-hydrogen) atoms. The fraction of sp³-hybridized carbons (Fsp3) is 0.296. The first kappa shape index (κ1) is 25.7. The molecule has 0 aromatic heterocycles. The van der Waals surface area contributed by atoms with Gasteiger partial charge in [-0.25, -0.2) is 12.8 Å². The first-order valence-corrected chi connectivity index (χ1v) is 13.4. The zero-order valence-electron chi connectivity index (χ0n) is 20.1. The first-order chi connectivity index (χ1) is 17.3. The molecule has 1 saturated heterocycles. The number of nitrogens with one attached hydrogen (secondary N) is 2. The highest BCUT2D eigenvalue weighted by Crippen LogP contribution is 2.23. The number of rotatable bonds is 9. The Morgan fingerprint density at radius 3 is 2.17 bits per heavy atom. The van der Waals surface area contributed by atoms with E-state index in [1.165, 1.54) is 24.3 Å². The number of benzene rings is 3. The van der Waals surface area contributed by atoms with Crippen LogP contribution in [0.3, 0.4) is 0 Å². The molecule has 1 fully saturated rings. The summed E-state index contributed by atoms with van der Waals surface area (Å²) in [6.45, 7) is 4.71. The molecule has 2 N–H and O–H groups in total. The van der Waals surface area contributed by atoms with Crippen molar-refractivity contribution in [2.24, 2.45) is 5.92 Å². The number of carbonyl (C=O) groups is 1. The monoisotopic (exact) mass is 511 g/mol. The molecule has 0 unspecified atom stereocenters. The van der Waals surface area contributed by atoms with Gasteiger partial charge in [0, 0.05) is 23.8 Å². The maximum Gasteiger partial charge on any atom is 0.261 e. The van der Waals surface area contributed by atoms with E-state index < -0.39 is 10.0 Å². The standard InChI is InChI=1S/C27H30FN3O4S/c1-2-35-25-11-7-24(8-12-25)30-36(33,34)26-13-9-23(10-14-26)29-27(32)21-15-17-31(18-16-21)19-20-3-5-22(28)6-4-20/h3-14,21,30H,2,15-19H2,1H3,(H,29,32). The lowest BCUT2D eigenvalue weighted by atomic mass is 9.95. The van der Waals surface area contributed by atoms with Gasteiger partial charge in [0.25, 0.3) is 10.0 Å². The maximum absolute atomic E-state index is 13.1. The molecular weight excluding hydrogens is 481 g/mol. The van der Waals surface area contributed by atoms with E-state index in [0.29, 0.717) is 23.7 Å². The lowest BCUT2D eigenvalue weighted by Gasteiger charge is -2.31. The second-order valence-electron chi connectivity index (χ2n) is 8.75. The summed E-state index contributed by atoms with van der Waals surface area (Å²) >= 11 is 0. The second-order valence-corrected chi connectivity index (χ2v) is 10.4. The zero-order valence-corrected chi connectivity index (χ0v) is 20.9. The highest BCUT2D eigenvalue weighted by Gasteiger charge is 2.25. The van der Waals surface area contributed by atoms with Crippen molar-refractivity contribution in [3.8, 4) is 5.75 Å². The number of hydrogen-bond donors (Lipinski definition) is 2. The Morgan fingerprint density at radius 1 is 0.944 bits per heavy atom. The fourth-order valence-corrected chi connectivity index (χ4v) is 5.22. The molecular formula is C27H30FN3O4S. The van der Waals surface area contributed by atoms with E-state index in [0.717, 1.165) is 38.0 Å². The number of anilines is 2. The number of nitrogens with zero attached hydrogens (tertiary/aromatic N) is 1. The van der Waals surface area contributed by atoms with Gasteiger partial charge in [0.1, 0.15) is 11.6 Å². The smallest absolute Gasteiger partial charge is 0.261 e. The fourth-order valence-electron chi connectivity index (χ4n) is 4.16. The summed E-state index contributed by atoms with van der Waals surface area (Å²) in [6.07, 6.45) is 1.46. The Morgan fingerprint density at radius 2 is 1.56 bits per heavy atom. The number of sulfonamides is 1. The first-order valence-electron chi connectivity index (χ1n) is 12.0. The molecule has 1 aliphatic heterocycles. The van der Waals surface area contributed by atoms with Crippen LogP contribution in [0.15, 0.2) is 77.7 Å². The number of ether oxygens (including phenoxy) is 1. The predicted octanol–water partition coefficient (Wildman–Crippen LogP) is 4.88. The van der Waals surface area contributed by atoms with Gasteiger partial charge in [-0.05, 0) is 99.1 Å². The molecule has 0 saturated carbocycles. The molecule has 4 rings (SSSR count). The minimum atomic E-state index is -3.77. The van der Waals surface area contributed by atoms with Gasteiger partial charge in [-0.1, -0.05) is 12.1 Å². The van der Waals surface area contributed by atoms with E-state index >= 15 is 0 Å². The highest BCUT2D eigenvalue weighted by atomic mass is 32.2. The SMILES string of the molecule is CCOc1ccc(NS(=O)(=O)c2ccc(NC(=O)C3CCN(Cc4ccc(F)cc4)CC3)cc2)cc1.